The molecule has 0 radical (unpaired) electrons. The van der Waals surface area contributed by atoms with E-state index in [4.69, 9.17) is 0 Å². The van der Waals surface area contributed by atoms with Gasteiger partial charge in [0.05, 0.1) is 12.6 Å². The molecule has 1 N–H and O–H groups in total. The van der Waals surface area contributed by atoms with Gasteiger partial charge in [-0.25, -0.2) is 4.98 Å². The normalized spacial score (nSPS) is 18.8. The number of nitrogens with zero attached hydrogens (tertiary/aromatic N) is 2. The van der Waals surface area contributed by atoms with Crippen LogP contribution in [0.15, 0.2) is 6.20 Å². The summed E-state index contributed by atoms with van der Waals surface area (Å²) in [7, 11) is 0. The summed E-state index contributed by atoms with van der Waals surface area (Å²) < 4.78 is 0. The first-order chi connectivity index (χ1) is 8.08. The molecule has 2 amide bonds. The lowest BCUT2D eigenvalue weighted by molar-refractivity contribution is -0.132. The number of carbonyl (C=O) groups is 2. The maximum atomic E-state index is 11.9. The predicted octanol–water partition coefficient (Wildman–Crippen LogP) is 0.861. The molecule has 1 aromatic rings. The Balaban J connectivity index is 2.15. The second-order valence-corrected chi connectivity index (χ2v) is 5.37. The van der Waals surface area contributed by atoms with Crippen LogP contribution in [0.25, 0.3) is 0 Å². The monoisotopic (exact) mass is 253 g/mol. The maximum Gasteiger partial charge on any atom is 0.242 e. The first-order valence-corrected chi connectivity index (χ1v) is 6.38. The summed E-state index contributed by atoms with van der Waals surface area (Å²) >= 11 is 1.59. The summed E-state index contributed by atoms with van der Waals surface area (Å²) in [4.78, 5) is 30.2. The van der Waals surface area contributed by atoms with Crippen molar-refractivity contribution in [2.75, 3.05) is 13.1 Å². The molecule has 0 spiro atoms. The molecule has 5 nitrogen and oxygen atoms in total. The Bertz CT molecular complexity index is 444. The van der Waals surface area contributed by atoms with Gasteiger partial charge in [-0.1, -0.05) is 0 Å². The van der Waals surface area contributed by atoms with E-state index in [-0.39, 0.29) is 24.4 Å². The minimum absolute atomic E-state index is 0.0452. The summed E-state index contributed by atoms with van der Waals surface area (Å²) in [6.07, 6.45) is 2.17. The fraction of sp³-hybridized carbons (Fsp3) is 0.545. The number of carbonyl (C=O) groups excluding carboxylic acids is 2. The Kier molecular flexibility index (Phi) is 3.42. The number of aromatic nitrogens is 1. The van der Waals surface area contributed by atoms with Crippen LogP contribution < -0.4 is 5.32 Å². The van der Waals surface area contributed by atoms with Gasteiger partial charge in [-0.2, -0.15) is 0 Å². The van der Waals surface area contributed by atoms with Gasteiger partial charge in [0.2, 0.25) is 11.8 Å². The number of thiazole rings is 1. The van der Waals surface area contributed by atoms with Crippen LogP contribution >= 0.6 is 11.3 Å². The number of rotatable bonds is 2. The van der Waals surface area contributed by atoms with E-state index in [1.165, 1.54) is 0 Å². The molecule has 1 saturated heterocycles. The summed E-state index contributed by atoms with van der Waals surface area (Å²) in [6, 6.07) is -0.0612. The topological polar surface area (TPSA) is 62.3 Å². The molecule has 0 aromatic carbocycles. The van der Waals surface area contributed by atoms with Crippen molar-refractivity contribution in [1.29, 1.82) is 0 Å². The molecular weight excluding hydrogens is 238 g/mol. The molecule has 0 aliphatic carbocycles. The van der Waals surface area contributed by atoms with Gasteiger partial charge in [-0.15, -0.1) is 11.3 Å². The zero-order valence-corrected chi connectivity index (χ0v) is 10.7. The van der Waals surface area contributed by atoms with Crippen LogP contribution in [0.2, 0.25) is 0 Å². The Hall–Kier alpha value is -1.43. The highest BCUT2D eigenvalue weighted by atomic mass is 32.1. The van der Waals surface area contributed by atoms with E-state index in [0.29, 0.717) is 13.0 Å². The number of aryl methyl sites for hydroxylation is 1. The van der Waals surface area contributed by atoms with E-state index in [0.717, 1.165) is 9.88 Å². The molecule has 1 aliphatic rings. The summed E-state index contributed by atoms with van der Waals surface area (Å²) in [5.74, 6) is -0.112. The van der Waals surface area contributed by atoms with E-state index in [1.807, 2.05) is 20.0 Å². The van der Waals surface area contributed by atoms with Gasteiger partial charge in [0, 0.05) is 24.0 Å². The van der Waals surface area contributed by atoms with Crippen LogP contribution in [0.1, 0.15) is 29.3 Å². The van der Waals surface area contributed by atoms with Gasteiger partial charge in [0.15, 0.2) is 0 Å². The number of nitrogens with one attached hydrogen (secondary N) is 1. The van der Waals surface area contributed by atoms with Crippen LogP contribution in [-0.2, 0) is 9.59 Å². The smallest absolute Gasteiger partial charge is 0.242 e. The second kappa shape index (κ2) is 4.83. The van der Waals surface area contributed by atoms with E-state index in [2.05, 4.69) is 10.3 Å². The molecule has 2 heterocycles. The number of hydrogen-bond acceptors (Lipinski definition) is 4. The van der Waals surface area contributed by atoms with Crippen molar-refractivity contribution in [3.05, 3.63) is 16.1 Å². The maximum absolute atomic E-state index is 11.9. The highest BCUT2D eigenvalue weighted by Crippen LogP contribution is 2.25. The molecule has 1 unspecified atom stereocenters. The summed E-state index contributed by atoms with van der Waals surface area (Å²) in [6.45, 7) is 4.49. The minimum Gasteiger partial charge on any atom is -0.347 e. The molecule has 6 heteroatoms. The molecule has 1 aromatic heterocycles. The first-order valence-electron chi connectivity index (χ1n) is 5.56. The molecule has 92 valence electrons. The molecule has 1 atom stereocenters. The number of hydrogen-bond donors (Lipinski definition) is 1. The lowest BCUT2D eigenvalue weighted by Crippen LogP contribution is -2.36. The fourth-order valence-electron chi connectivity index (χ4n) is 1.82. The van der Waals surface area contributed by atoms with Gasteiger partial charge < -0.3 is 10.2 Å². The minimum atomic E-state index is -0.0663. The predicted molar refractivity (Wildman–Crippen MR) is 64.6 cm³/mol. The fourth-order valence-corrected chi connectivity index (χ4v) is 2.66. The Morgan fingerprint density at radius 1 is 1.53 bits per heavy atom. The zero-order chi connectivity index (χ0) is 12.4. The summed E-state index contributed by atoms with van der Waals surface area (Å²) in [5, 5.41) is 3.51. The van der Waals surface area contributed by atoms with Crippen molar-refractivity contribution in [1.82, 2.24) is 15.2 Å². The van der Waals surface area contributed by atoms with Crippen molar-refractivity contribution >= 4 is 23.2 Å². The average molecular weight is 253 g/mol. The van der Waals surface area contributed by atoms with E-state index in [1.54, 1.807) is 16.2 Å². The molecule has 17 heavy (non-hydrogen) atoms. The van der Waals surface area contributed by atoms with Crippen molar-refractivity contribution in [3.8, 4) is 0 Å². The molecular formula is C11H15N3O2S. The third-order valence-electron chi connectivity index (χ3n) is 2.80. The van der Waals surface area contributed by atoms with Crippen molar-refractivity contribution in [2.24, 2.45) is 0 Å². The average Bonchev–Trinajstić information content (AvgIpc) is 2.65. The van der Waals surface area contributed by atoms with Crippen LogP contribution in [0, 0.1) is 6.92 Å². The Labute approximate surface area is 104 Å². The Morgan fingerprint density at radius 3 is 2.94 bits per heavy atom. The van der Waals surface area contributed by atoms with E-state index < -0.39 is 0 Å². The molecule has 2 rings (SSSR count). The van der Waals surface area contributed by atoms with Crippen LogP contribution in [0.3, 0.4) is 0 Å². The van der Waals surface area contributed by atoms with Gasteiger partial charge in [0.25, 0.3) is 0 Å². The highest BCUT2D eigenvalue weighted by Gasteiger charge is 2.26. The third kappa shape index (κ3) is 2.63. The highest BCUT2D eigenvalue weighted by molar-refractivity contribution is 7.11. The van der Waals surface area contributed by atoms with Gasteiger partial charge in [0.1, 0.15) is 5.01 Å². The molecule has 0 bridgehead atoms. The van der Waals surface area contributed by atoms with E-state index >= 15 is 0 Å². The molecule has 1 fully saturated rings. The quantitative estimate of drug-likeness (QED) is 0.850. The lowest BCUT2D eigenvalue weighted by atomic mass is 10.2. The van der Waals surface area contributed by atoms with Crippen molar-refractivity contribution < 1.29 is 9.59 Å². The summed E-state index contributed by atoms with van der Waals surface area (Å²) in [5.41, 5.74) is 0. The van der Waals surface area contributed by atoms with Crippen LogP contribution in [-0.4, -0.2) is 34.8 Å². The van der Waals surface area contributed by atoms with Gasteiger partial charge in [-0.3, -0.25) is 9.59 Å². The van der Waals surface area contributed by atoms with Crippen LogP contribution in [0.4, 0.5) is 0 Å². The molecule has 0 saturated carbocycles. The molecule has 1 aliphatic heterocycles. The first kappa shape index (κ1) is 12.0. The van der Waals surface area contributed by atoms with Crippen molar-refractivity contribution in [3.63, 3.8) is 0 Å². The third-order valence-corrected chi connectivity index (χ3v) is 3.88. The lowest BCUT2D eigenvalue weighted by Gasteiger charge is -2.25. The number of amides is 2. The van der Waals surface area contributed by atoms with E-state index in [9.17, 15) is 9.59 Å². The van der Waals surface area contributed by atoms with Gasteiger partial charge in [-0.05, 0) is 13.8 Å². The van der Waals surface area contributed by atoms with Crippen molar-refractivity contribution in [2.45, 2.75) is 26.3 Å². The van der Waals surface area contributed by atoms with Gasteiger partial charge >= 0.3 is 0 Å². The largest absolute Gasteiger partial charge is 0.347 e. The standard InChI is InChI=1S/C11H15N3O2S/c1-7-5-13-11(17-7)8(2)14-4-3-9(15)12-6-10(14)16/h5,8H,3-4,6H2,1-2H3,(H,12,15). The zero-order valence-electron chi connectivity index (χ0n) is 9.90. The second-order valence-electron chi connectivity index (χ2n) is 4.10. The Morgan fingerprint density at radius 2 is 2.29 bits per heavy atom. The SMILES string of the molecule is Cc1cnc(C(C)N2CCC(=O)NCC2=O)s1. The van der Waals surface area contributed by atoms with Crippen LogP contribution in [0.5, 0.6) is 0 Å².